The first kappa shape index (κ1) is 19.6. The van der Waals surface area contributed by atoms with E-state index >= 15 is 0 Å². The Morgan fingerprint density at radius 2 is 1.68 bits per heavy atom. The van der Waals surface area contributed by atoms with E-state index in [4.69, 9.17) is 0 Å². The Morgan fingerprint density at radius 1 is 1.07 bits per heavy atom. The molecule has 1 saturated heterocycles. The number of carbonyl (C=O) groups excluding carboxylic acids is 3. The number of hydrogen-bond donors (Lipinski definition) is 2. The molecule has 6 heteroatoms. The maximum Gasteiger partial charge on any atom is 0.325 e. The van der Waals surface area contributed by atoms with Gasteiger partial charge >= 0.3 is 6.03 Å². The second-order valence-electron chi connectivity index (χ2n) is 7.64. The van der Waals surface area contributed by atoms with Crippen LogP contribution in [-0.4, -0.2) is 29.3 Å². The van der Waals surface area contributed by atoms with Gasteiger partial charge in [0, 0.05) is 5.69 Å². The van der Waals surface area contributed by atoms with Gasteiger partial charge < -0.3 is 10.6 Å². The molecule has 146 valence electrons. The van der Waals surface area contributed by atoms with E-state index in [2.05, 4.69) is 24.5 Å². The summed E-state index contributed by atoms with van der Waals surface area (Å²) < 4.78 is 0. The van der Waals surface area contributed by atoms with Crippen LogP contribution in [0.5, 0.6) is 0 Å². The SMILES string of the molecule is Cc1ccc([C@@]2(C)NC(=O)N(CC(=O)Nc3ccc(C(C)C)cc3)C2=O)cc1. The molecular formula is C22H25N3O3. The highest BCUT2D eigenvalue weighted by Gasteiger charge is 2.49. The van der Waals surface area contributed by atoms with Crippen LogP contribution in [0.15, 0.2) is 48.5 Å². The Kier molecular flexibility index (Phi) is 5.23. The smallest absolute Gasteiger partial charge is 0.325 e. The van der Waals surface area contributed by atoms with Crippen molar-refractivity contribution in [2.45, 2.75) is 39.2 Å². The van der Waals surface area contributed by atoms with Gasteiger partial charge in [-0.2, -0.15) is 0 Å². The van der Waals surface area contributed by atoms with Gasteiger partial charge in [-0.1, -0.05) is 55.8 Å². The maximum atomic E-state index is 12.9. The highest BCUT2D eigenvalue weighted by atomic mass is 16.2. The zero-order chi connectivity index (χ0) is 20.5. The van der Waals surface area contributed by atoms with E-state index in [0.29, 0.717) is 17.2 Å². The molecule has 1 atom stereocenters. The number of imide groups is 1. The van der Waals surface area contributed by atoms with Gasteiger partial charge in [0.15, 0.2) is 0 Å². The maximum absolute atomic E-state index is 12.9. The lowest BCUT2D eigenvalue weighted by molar-refractivity contribution is -0.133. The number of hydrogen-bond acceptors (Lipinski definition) is 3. The Labute approximate surface area is 164 Å². The van der Waals surface area contributed by atoms with E-state index in [1.807, 2.05) is 55.5 Å². The van der Waals surface area contributed by atoms with E-state index in [-0.39, 0.29) is 6.54 Å². The van der Waals surface area contributed by atoms with Crippen LogP contribution >= 0.6 is 0 Å². The molecule has 3 rings (SSSR count). The van der Waals surface area contributed by atoms with E-state index in [1.54, 1.807) is 6.92 Å². The first-order chi connectivity index (χ1) is 13.2. The molecule has 0 aliphatic carbocycles. The summed E-state index contributed by atoms with van der Waals surface area (Å²) in [5, 5.41) is 5.45. The zero-order valence-electron chi connectivity index (χ0n) is 16.6. The molecule has 4 amide bonds. The Balaban J connectivity index is 1.70. The molecule has 2 N–H and O–H groups in total. The van der Waals surface area contributed by atoms with Crippen molar-refractivity contribution in [1.29, 1.82) is 0 Å². The third-order valence-electron chi connectivity index (χ3n) is 5.07. The normalized spacial score (nSPS) is 19.1. The van der Waals surface area contributed by atoms with Gasteiger partial charge in [-0.15, -0.1) is 0 Å². The van der Waals surface area contributed by atoms with Crippen molar-refractivity contribution in [2.75, 3.05) is 11.9 Å². The lowest BCUT2D eigenvalue weighted by Gasteiger charge is -2.22. The summed E-state index contributed by atoms with van der Waals surface area (Å²) >= 11 is 0. The minimum absolute atomic E-state index is 0.335. The molecule has 1 heterocycles. The lowest BCUT2D eigenvalue weighted by Crippen LogP contribution is -2.42. The number of carbonyl (C=O) groups is 3. The number of anilines is 1. The topological polar surface area (TPSA) is 78.5 Å². The fraction of sp³-hybridized carbons (Fsp3) is 0.318. The van der Waals surface area contributed by atoms with Gasteiger partial charge in [0.2, 0.25) is 5.91 Å². The molecule has 0 aromatic heterocycles. The van der Waals surface area contributed by atoms with Gasteiger partial charge in [-0.05, 0) is 43.0 Å². The fourth-order valence-corrected chi connectivity index (χ4v) is 3.22. The number of amides is 4. The van der Waals surface area contributed by atoms with Gasteiger partial charge in [0.1, 0.15) is 12.1 Å². The highest BCUT2D eigenvalue weighted by Crippen LogP contribution is 2.29. The van der Waals surface area contributed by atoms with E-state index in [0.717, 1.165) is 10.5 Å². The third kappa shape index (κ3) is 3.76. The number of benzene rings is 2. The number of aryl methyl sites for hydroxylation is 1. The molecule has 0 saturated carbocycles. The number of nitrogens with zero attached hydrogens (tertiary/aromatic N) is 1. The third-order valence-corrected chi connectivity index (χ3v) is 5.07. The first-order valence-corrected chi connectivity index (χ1v) is 9.32. The van der Waals surface area contributed by atoms with Crippen LogP contribution in [0.25, 0.3) is 0 Å². The Morgan fingerprint density at radius 3 is 2.25 bits per heavy atom. The number of urea groups is 1. The van der Waals surface area contributed by atoms with Crippen LogP contribution in [0.3, 0.4) is 0 Å². The van der Waals surface area contributed by atoms with Crippen LogP contribution < -0.4 is 10.6 Å². The molecule has 1 fully saturated rings. The quantitative estimate of drug-likeness (QED) is 0.780. The van der Waals surface area contributed by atoms with Gasteiger partial charge in [0.05, 0.1) is 0 Å². The summed E-state index contributed by atoms with van der Waals surface area (Å²) in [4.78, 5) is 38.6. The predicted octanol–water partition coefficient (Wildman–Crippen LogP) is 3.52. The van der Waals surface area contributed by atoms with Crippen LogP contribution in [-0.2, 0) is 15.1 Å². The fourth-order valence-electron chi connectivity index (χ4n) is 3.22. The average Bonchev–Trinajstić information content (AvgIpc) is 2.86. The molecule has 2 aromatic rings. The molecule has 28 heavy (non-hydrogen) atoms. The molecule has 1 aliphatic rings. The molecule has 2 aromatic carbocycles. The van der Waals surface area contributed by atoms with Crippen molar-refractivity contribution in [3.05, 3.63) is 65.2 Å². The Hall–Kier alpha value is -3.15. The van der Waals surface area contributed by atoms with E-state index in [9.17, 15) is 14.4 Å². The number of rotatable bonds is 5. The zero-order valence-corrected chi connectivity index (χ0v) is 16.6. The molecule has 0 unspecified atom stereocenters. The summed E-state index contributed by atoms with van der Waals surface area (Å²) in [7, 11) is 0. The van der Waals surface area contributed by atoms with Crippen LogP contribution in [0.4, 0.5) is 10.5 Å². The summed E-state index contributed by atoms with van der Waals surface area (Å²) in [5.41, 5.74) is 2.36. The number of nitrogens with one attached hydrogen (secondary N) is 2. The largest absolute Gasteiger partial charge is 0.325 e. The lowest BCUT2D eigenvalue weighted by atomic mass is 9.91. The highest BCUT2D eigenvalue weighted by molar-refractivity contribution is 6.10. The van der Waals surface area contributed by atoms with Crippen LogP contribution in [0, 0.1) is 6.92 Å². The van der Waals surface area contributed by atoms with Crippen molar-refractivity contribution >= 4 is 23.5 Å². The van der Waals surface area contributed by atoms with Crippen molar-refractivity contribution in [3.8, 4) is 0 Å². The molecule has 0 bridgehead atoms. The monoisotopic (exact) mass is 379 g/mol. The Bertz CT molecular complexity index is 904. The van der Waals surface area contributed by atoms with E-state index < -0.39 is 23.4 Å². The summed E-state index contributed by atoms with van der Waals surface area (Å²) in [6.45, 7) is 7.45. The summed E-state index contributed by atoms with van der Waals surface area (Å²) in [6.07, 6.45) is 0. The summed E-state index contributed by atoms with van der Waals surface area (Å²) in [6, 6.07) is 14.3. The van der Waals surface area contributed by atoms with Crippen molar-refractivity contribution < 1.29 is 14.4 Å². The standard InChI is InChI=1S/C22H25N3O3/c1-14(2)16-7-11-18(12-8-16)23-19(26)13-25-20(27)22(4,24-21(25)28)17-9-5-15(3)6-10-17/h5-12,14H,13H2,1-4H3,(H,23,26)(H,24,28)/t22-/m1/s1. The van der Waals surface area contributed by atoms with Gasteiger partial charge in [0.25, 0.3) is 5.91 Å². The average molecular weight is 379 g/mol. The molecule has 0 radical (unpaired) electrons. The molecule has 1 aliphatic heterocycles. The molecule has 0 spiro atoms. The van der Waals surface area contributed by atoms with E-state index in [1.165, 1.54) is 5.56 Å². The van der Waals surface area contributed by atoms with Gasteiger partial charge in [-0.25, -0.2) is 4.79 Å². The van der Waals surface area contributed by atoms with Crippen molar-refractivity contribution in [3.63, 3.8) is 0 Å². The predicted molar refractivity (Wildman–Crippen MR) is 108 cm³/mol. The van der Waals surface area contributed by atoms with Gasteiger partial charge in [-0.3, -0.25) is 14.5 Å². The second kappa shape index (κ2) is 7.46. The van der Waals surface area contributed by atoms with Crippen molar-refractivity contribution in [1.82, 2.24) is 10.2 Å². The van der Waals surface area contributed by atoms with Crippen LogP contribution in [0.2, 0.25) is 0 Å². The molecular weight excluding hydrogens is 354 g/mol. The minimum atomic E-state index is -1.18. The summed E-state index contributed by atoms with van der Waals surface area (Å²) in [5.74, 6) is -0.462. The van der Waals surface area contributed by atoms with Crippen molar-refractivity contribution in [2.24, 2.45) is 0 Å². The molecule has 6 nitrogen and oxygen atoms in total. The second-order valence-corrected chi connectivity index (χ2v) is 7.64. The first-order valence-electron chi connectivity index (χ1n) is 9.32. The minimum Gasteiger partial charge on any atom is -0.325 e. The van der Waals surface area contributed by atoms with Crippen LogP contribution in [0.1, 0.15) is 43.4 Å².